The zero-order chi connectivity index (χ0) is 12.2. The largest absolute Gasteiger partial charge is 0.491 e. The van der Waals surface area contributed by atoms with Gasteiger partial charge in [0, 0.05) is 10.7 Å². The number of ether oxygens (including phenoxy) is 2. The number of esters is 1. The minimum absolute atomic E-state index is 0.248. The maximum absolute atomic E-state index is 11.4. The van der Waals surface area contributed by atoms with E-state index in [1.54, 1.807) is 32.3 Å². The number of pyridine rings is 1. The molecule has 1 rings (SSSR count). The van der Waals surface area contributed by atoms with Gasteiger partial charge in [-0.25, -0.2) is 0 Å². The lowest BCUT2D eigenvalue weighted by Crippen LogP contribution is -2.32. The van der Waals surface area contributed by atoms with Crippen LogP contribution in [0.25, 0.3) is 0 Å². The molecule has 0 saturated heterocycles. The summed E-state index contributed by atoms with van der Waals surface area (Å²) in [5, 5.41) is 0. The molecule has 0 aliphatic heterocycles. The molecule has 0 bridgehead atoms. The maximum atomic E-state index is 11.4. The summed E-state index contributed by atoms with van der Waals surface area (Å²) in [4.78, 5) is 15.4. The molecule has 0 unspecified atom stereocenters. The van der Waals surface area contributed by atoms with Crippen molar-refractivity contribution in [3.05, 3.63) is 22.9 Å². The molecule has 0 saturated carbocycles. The molecule has 0 aliphatic rings. The first kappa shape index (κ1) is 13.0. The van der Waals surface area contributed by atoms with E-state index in [9.17, 15) is 4.79 Å². The van der Waals surface area contributed by atoms with Crippen LogP contribution in [0.1, 0.15) is 13.8 Å². The number of rotatable bonds is 4. The van der Waals surface area contributed by atoms with Crippen molar-refractivity contribution in [3.8, 4) is 5.75 Å². The van der Waals surface area contributed by atoms with E-state index in [2.05, 4.69) is 25.7 Å². The molecule has 1 heterocycles. The summed E-state index contributed by atoms with van der Waals surface area (Å²) in [6.45, 7) is 3.78. The second kappa shape index (κ2) is 5.30. The Morgan fingerprint density at radius 1 is 1.50 bits per heavy atom. The fraction of sp³-hybridized carbons (Fsp3) is 0.455. The van der Waals surface area contributed by atoms with Crippen LogP contribution in [-0.2, 0) is 9.53 Å². The Bertz CT molecular complexity index is 379. The number of methoxy groups -OCH3 is 1. The monoisotopic (exact) mass is 287 g/mol. The Balaban J connectivity index is 2.61. The van der Waals surface area contributed by atoms with Gasteiger partial charge in [0.05, 0.1) is 18.7 Å². The molecule has 88 valence electrons. The molecule has 4 nitrogen and oxygen atoms in total. The van der Waals surface area contributed by atoms with Crippen molar-refractivity contribution in [2.75, 3.05) is 13.7 Å². The van der Waals surface area contributed by atoms with Crippen LogP contribution in [-0.4, -0.2) is 24.7 Å². The highest BCUT2D eigenvalue weighted by molar-refractivity contribution is 9.10. The number of halogens is 1. The Morgan fingerprint density at radius 3 is 2.75 bits per heavy atom. The van der Waals surface area contributed by atoms with Gasteiger partial charge in [0.15, 0.2) is 0 Å². The van der Waals surface area contributed by atoms with Crippen LogP contribution < -0.4 is 4.74 Å². The average molecular weight is 288 g/mol. The maximum Gasteiger partial charge on any atom is 0.314 e. The van der Waals surface area contributed by atoms with Crippen molar-refractivity contribution in [2.24, 2.45) is 5.41 Å². The van der Waals surface area contributed by atoms with E-state index in [1.807, 2.05) is 0 Å². The minimum atomic E-state index is -0.670. The summed E-state index contributed by atoms with van der Waals surface area (Å²) in [5.74, 6) is 0.321. The van der Waals surface area contributed by atoms with Crippen molar-refractivity contribution in [2.45, 2.75) is 13.8 Å². The van der Waals surface area contributed by atoms with Gasteiger partial charge < -0.3 is 9.47 Å². The molecule has 0 atom stereocenters. The smallest absolute Gasteiger partial charge is 0.314 e. The molecule has 16 heavy (non-hydrogen) atoms. The molecule has 0 aromatic carbocycles. The van der Waals surface area contributed by atoms with Gasteiger partial charge in [-0.2, -0.15) is 0 Å². The number of carbonyl (C=O) groups is 1. The highest BCUT2D eigenvalue weighted by atomic mass is 79.9. The van der Waals surface area contributed by atoms with E-state index in [0.717, 1.165) is 4.47 Å². The summed E-state index contributed by atoms with van der Waals surface area (Å²) in [6.07, 6.45) is 3.26. The van der Waals surface area contributed by atoms with E-state index < -0.39 is 5.41 Å². The molecule has 1 aromatic rings. The summed E-state index contributed by atoms with van der Waals surface area (Å²) < 4.78 is 11.0. The van der Waals surface area contributed by atoms with Crippen molar-refractivity contribution in [1.29, 1.82) is 0 Å². The van der Waals surface area contributed by atoms with E-state index in [4.69, 9.17) is 4.74 Å². The van der Waals surface area contributed by atoms with Gasteiger partial charge >= 0.3 is 5.97 Å². The number of nitrogens with zero attached hydrogens (tertiary/aromatic N) is 1. The minimum Gasteiger partial charge on any atom is -0.491 e. The van der Waals surface area contributed by atoms with Gasteiger partial charge in [-0.15, -0.1) is 0 Å². The Kier molecular flexibility index (Phi) is 4.29. The fourth-order valence-electron chi connectivity index (χ4n) is 1.07. The topological polar surface area (TPSA) is 48.4 Å². The average Bonchev–Trinajstić information content (AvgIpc) is 2.25. The summed E-state index contributed by atoms with van der Waals surface area (Å²) in [5.41, 5.74) is -0.670. The van der Waals surface area contributed by atoms with Crippen molar-refractivity contribution in [1.82, 2.24) is 4.98 Å². The van der Waals surface area contributed by atoms with Gasteiger partial charge in [0.2, 0.25) is 0 Å². The SMILES string of the molecule is COC(=O)C(C)(C)COc1cncc(Br)c1. The Morgan fingerprint density at radius 2 is 2.19 bits per heavy atom. The third kappa shape index (κ3) is 3.48. The summed E-state index contributed by atoms with van der Waals surface area (Å²) >= 11 is 3.29. The predicted molar refractivity (Wildman–Crippen MR) is 63.2 cm³/mol. The molecule has 0 aliphatic carbocycles. The molecule has 1 aromatic heterocycles. The van der Waals surface area contributed by atoms with Gasteiger partial charge in [0.1, 0.15) is 12.4 Å². The van der Waals surface area contributed by atoms with Crippen molar-refractivity contribution >= 4 is 21.9 Å². The highest BCUT2D eigenvalue weighted by Gasteiger charge is 2.29. The lowest BCUT2D eigenvalue weighted by molar-refractivity contribution is -0.152. The normalized spacial score (nSPS) is 11.0. The number of hydrogen-bond acceptors (Lipinski definition) is 4. The Hall–Kier alpha value is -1.10. The van der Waals surface area contributed by atoms with Crippen LogP contribution in [0.3, 0.4) is 0 Å². The van der Waals surface area contributed by atoms with Crippen molar-refractivity contribution < 1.29 is 14.3 Å². The van der Waals surface area contributed by atoms with Gasteiger partial charge in [-0.05, 0) is 35.8 Å². The summed E-state index contributed by atoms with van der Waals surface area (Å²) in [6, 6.07) is 1.79. The van der Waals surface area contributed by atoms with E-state index in [1.165, 1.54) is 7.11 Å². The van der Waals surface area contributed by atoms with E-state index in [0.29, 0.717) is 5.75 Å². The standard InChI is InChI=1S/C11H14BrNO3/c1-11(2,10(14)15-3)7-16-9-4-8(12)5-13-6-9/h4-6H,7H2,1-3H3. The zero-order valence-electron chi connectivity index (χ0n) is 9.49. The Labute approximate surface area is 103 Å². The highest BCUT2D eigenvalue weighted by Crippen LogP contribution is 2.21. The van der Waals surface area contributed by atoms with Crippen LogP contribution in [0.5, 0.6) is 5.75 Å². The van der Waals surface area contributed by atoms with Crippen LogP contribution in [0.4, 0.5) is 0 Å². The van der Waals surface area contributed by atoms with Crippen LogP contribution in [0, 0.1) is 5.41 Å². The zero-order valence-corrected chi connectivity index (χ0v) is 11.1. The first-order valence-electron chi connectivity index (χ1n) is 4.77. The fourth-order valence-corrected chi connectivity index (χ4v) is 1.41. The van der Waals surface area contributed by atoms with Gasteiger partial charge in [-0.3, -0.25) is 9.78 Å². The quantitative estimate of drug-likeness (QED) is 0.798. The lowest BCUT2D eigenvalue weighted by atomic mass is 9.95. The molecular formula is C11H14BrNO3. The number of aromatic nitrogens is 1. The van der Waals surface area contributed by atoms with Crippen molar-refractivity contribution in [3.63, 3.8) is 0 Å². The van der Waals surface area contributed by atoms with E-state index >= 15 is 0 Å². The first-order valence-corrected chi connectivity index (χ1v) is 5.57. The number of hydrogen-bond donors (Lipinski definition) is 0. The second-order valence-electron chi connectivity index (χ2n) is 4.00. The molecule has 0 spiro atoms. The molecule has 5 heteroatoms. The molecule has 0 amide bonds. The number of carbonyl (C=O) groups excluding carboxylic acids is 1. The second-order valence-corrected chi connectivity index (χ2v) is 4.92. The van der Waals surface area contributed by atoms with Gasteiger partial charge in [0.25, 0.3) is 0 Å². The molecular weight excluding hydrogens is 274 g/mol. The van der Waals surface area contributed by atoms with Gasteiger partial charge in [-0.1, -0.05) is 0 Å². The molecule has 0 N–H and O–H groups in total. The third-order valence-corrected chi connectivity index (χ3v) is 2.45. The summed E-state index contributed by atoms with van der Waals surface area (Å²) in [7, 11) is 1.37. The molecule has 0 fully saturated rings. The van der Waals surface area contributed by atoms with Crippen LogP contribution in [0.2, 0.25) is 0 Å². The lowest BCUT2D eigenvalue weighted by Gasteiger charge is -2.21. The van der Waals surface area contributed by atoms with Crippen LogP contribution in [0.15, 0.2) is 22.9 Å². The molecule has 0 radical (unpaired) electrons. The first-order chi connectivity index (χ1) is 7.45. The van der Waals surface area contributed by atoms with Crippen LogP contribution >= 0.6 is 15.9 Å². The van der Waals surface area contributed by atoms with E-state index in [-0.39, 0.29) is 12.6 Å². The third-order valence-electron chi connectivity index (χ3n) is 2.02. The predicted octanol–water partition coefficient (Wildman–Crippen LogP) is 2.42.